The second-order valence-corrected chi connectivity index (χ2v) is 5.82. The molecule has 17 heavy (non-hydrogen) atoms. The molecule has 92 valence electrons. The van der Waals surface area contributed by atoms with Gasteiger partial charge in [0.1, 0.15) is 5.82 Å². The molecule has 1 N–H and O–H groups in total. The van der Waals surface area contributed by atoms with Gasteiger partial charge in [0.15, 0.2) is 0 Å². The maximum absolute atomic E-state index is 10.7. The second kappa shape index (κ2) is 3.85. The van der Waals surface area contributed by atoms with Gasteiger partial charge in [-0.1, -0.05) is 18.5 Å². The summed E-state index contributed by atoms with van der Waals surface area (Å²) >= 11 is 5.83. The van der Waals surface area contributed by atoms with Crippen molar-refractivity contribution in [3.8, 4) is 0 Å². The zero-order valence-corrected chi connectivity index (χ0v) is 10.7. The number of rotatable bonds is 2. The van der Waals surface area contributed by atoms with Crippen molar-refractivity contribution in [1.29, 1.82) is 0 Å². The molecule has 1 aromatic rings. The lowest BCUT2D eigenvalue weighted by molar-refractivity contribution is 0.00281. The maximum Gasteiger partial charge on any atom is 0.128 e. The maximum atomic E-state index is 10.7. The van der Waals surface area contributed by atoms with Gasteiger partial charge < -0.3 is 10.0 Å². The van der Waals surface area contributed by atoms with E-state index in [1.807, 2.05) is 12.1 Å². The van der Waals surface area contributed by atoms with Crippen LogP contribution in [0, 0.1) is 11.8 Å². The van der Waals surface area contributed by atoms with Crippen molar-refractivity contribution in [2.45, 2.75) is 25.4 Å². The molecule has 0 radical (unpaired) electrons. The topological polar surface area (TPSA) is 36.4 Å². The summed E-state index contributed by atoms with van der Waals surface area (Å²) in [5.74, 6) is 1.72. The summed E-state index contributed by atoms with van der Waals surface area (Å²) in [6.45, 7) is 3.71. The number of hydrogen-bond donors (Lipinski definition) is 1. The van der Waals surface area contributed by atoms with Crippen LogP contribution in [-0.4, -0.2) is 28.8 Å². The molecule has 1 aliphatic carbocycles. The summed E-state index contributed by atoms with van der Waals surface area (Å²) in [4.78, 5) is 6.49. The van der Waals surface area contributed by atoms with Crippen LogP contribution in [0.1, 0.15) is 19.8 Å². The molecule has 3 rings (SSSR count). The minimum atomic E-state index is -0.513. The number of pyridine rings is 1. The predicted molar refractivity (Wildman–Crippen MR) is 68.3 cm³/mol. The predicted octanol–water partition coefficient (Wildman–Crippen LogP) is 2.33. The zero-order chi connectivity index (χ0) is 12.0. The molecular formula is C13H17ClN2O. The van der Waals surface area contributed by atoms with Crippen LogP contribution in [0.3, 0.4) is 0 Å². The van der Waals surface area contributed by atoms with E-state index in [1.165, 1.54) is 12.8 Å². The summed E-state index contributed by atoms with van der Waals surface area (Å²) in [6, 6.07) is 3.77. The molecule has 1 aliphatic heterocycles. The molecule has 3 nitrogen and oxygen atoms in total. The lowest BCUT2D eigenvalue weighted by atomic mass is 9.88. The molecule has 0 amide bonds. The van der Waals surface area contributed by atoms with Crippen LogP contribution in [0.4, 0.5) is 5.82 Å². The van der Waals surface area contributed by atoms with Crippen LogP contribution in [0.15, 0.2) is 18.3 Å². The third kappa shape index (κ3) is 1.91. The number of anilines is 1. The van der Waals surface area contributed by atoms with Gasteiger partial charge in [-0.05, 0) is 30.9 Å². The van der Waals surface area contributed by atoms with Crippen LogP contribution in [-0.2, 0) is 0 Å². The van der Waals surface area contributed by atoms with Crippen molar-refractivity contribution in [3.05, 3.63) is 23.4 Å². The van der Waals surface area contributed by atoms with Crippen molar-refractivity contribution in [1.82, 2.24) is 4.98 Å². The van der Waals surface area contributed by atoms with Crippen LogP contribution < -0.4 is 4.90 Å². The highest BCUT2D eigenvalue weighted by molar-refractivity contribution is 6.30. The zero-order valence-electron chi connectivity index (χ0n) is 9.93. The van der Waals surface area contributed by atoms with E-state index in [0.717, 1.165) is 12.4 Å². The molecule has 2 aliphatic rings. The van der Waals surface area contributed by atoms with E-state index in [1.54, 1.807) is 6.20 Å². The Balaban J connectivity index is 1.80. The Labute approximate surface area is 106 Å². The first kappa shape index (κ1) is 11.3. The Morgan fingerprint density at radius 3 is 2.82 bits per heavy atom. The molecule has 2 fully saturated rings. The van der Waals surface area contributed by atoms with Crippen molar-refractivity contribution in [2.24, 2.45) is 11.8 Å². The highest BCUT2D eigenvalue weighted by Crippen LogP contribution is 2.47. The summed E-state index contributed by atoms with van der Waals surface area (Å²) in [7, 11) is 0. The van der Waals surface area contributed by atoms with Gasteiger partial charge in [0.05, 0.1) is 10.6 Å². The number of aromatic nitrogens is 1. The summed E-state index contributed by atoms with van der Waals surface area (Å²) in [6.07, 6.45) is 4.00. The molecule has 0 bridgehead atoms. The van der Waals surface area contributed by atoms with Crippen LogP contribution in [0.25, 0.3) is 0 Å². The van der Waals surface area contributed by atoms with Crippen molar-refractivity contribution < 1.29 is 5.11 Å². The third-order valence-corrected chi connectivity index (χ3v) is 4.34. The van der Waals surface area contributed by atoms with Gasteiger partial charge in [-0.15, -0.1) is 0 Å². The Hall–Kier alpha value is -0.800. The molecule has 2 heterocycles. The first-order valence-corrected chi connectivity index (χ1v) is 6.56. The minimum absolute atomic E-state index is 0.312. The summed E-state index contributed by atoms with van der Waals surface area (Å²) in [5, 5.41) is 11.3. The van der Waals surface area contributed by atoms with Gasteiger partial charge in [0, 0.05) is 25.2 Å². The fourth-order valence-corrected chi connectivity index (χ4v) is 2.97. The van der Waals surface area contributed by atoms with E-state index in [-0.39, 0.29) is 0 Å². The van der Waals surface area contributed by atoms with E-state index in [2.05, 4.69) is 16.8 Å². The van der Waals surface area contributed by atoms with Gasteiger partial charge >= 0.3 is 0 Å². The number of β-amino-alcohol motifs (C(OH)–C–C–N with tert-alkyl or cyclic N) is 1. The molecule has 1 aromatic heterocycles. The molecule has 0 aromatic carbocycles. The molecule has 2 atom stereocenters. The normalized spacial score (nSPS) is 33.1. The van der Waals surface area contributed by atoms with Crippen molar-refractivity contribution in [3.63, 3.8) is 0 Å². The molecule has 1 saturated carbocycles. The van der Waals surface area contributed by atoms with Gasteiger partial charge in [-0.25, -0.2) is 4.98 Å². The molecule has 0 unspecified atom stereocenters. The lowest BCUT2D eigenvalue weighted by Gasteiger charge is -2.26. The smallest absolute Gasteiger partial charge is 0.128 e. The fourth-order valence-electron chi connectivity index (χ4n) is 2.86. The van der Waals surface area contributed by atoms with E-state index >= 15 is 0 Å². The summed E-state index contributed by atoms with van der Waals surface area (Å²) < 4.78 is 0. The fraction of sp³-hybridized carbons (Fsp3) is 0.615. The van der Waals surface area contributed by atoms with Gasteiger partial charge in [-0.3, -0.25) is 0 Å². The SMILES string of the molecule is C[C@@H]1CN(c2ccc(Cl)cn2)C[C@@]1(O)C1CC1. The average molecular weight is 253 g/mol. The number of halogens is 1. The molecule has 1 saturated heterocycles. The minimum Gasteiger partial charge on any atom is -0.387 e. The Bertz CT molecular complexity index is 418. The quantitative estimate of drug-likeness (QED) is 0.878. The second-order valence-electron chi connectivity index (χ2n) is 5.38. The van der Waals surface area contributed by atoms with E-state index in [4.69, 9.17) is 11.6 Å². The van der Waals surface area contributed by atoms with E-state index in [9.17, 15) is 5.11 Å². The standard InChI is InChI=1S/C13H17ClN2O/c1-9-7-16(8-13(9,17)10-2-3-10)12-5-4-11(14)6-15-12/h4-6,9-10,17H,2-3,7-8H2,1H3/t9-,13+/m1/s1. The van der Waals surface area contributed by atoms with Crippen molar-refractivity contribution in [2.75, 3.05) is 18.0 Å². The Morgan fingerprint density at radius 1 is 1.47 bits per heavy atom. The number of hydrogen-bond acceptors (Lipinski definition) is 3. The first-order valence-electron chi connectivity index (χ1n) is 6.18. The molecular weight excluding hydrogens is 236 g/mol. The largest absolute Gasteiger partial charge is 0.387 e. The highest BCUT2D eigenvalue weighted by atomic mass is 35.5. The molecule has 0 spiro atoms. The summed E-state index contributed by atoms with van der Waals surface area (Å²) in [5.41, 5.74) is -0.513. The molecule has 4 heteroatoms. The average Bonchev–Trinajstić information content (AvgIpc) is 3.09. The van der Waals surface area contributed by atoms with E-state index < -0.39 is 5.60 Å². The van der Waals surface area contributed by atoms with Crippen molar-refractivity contribution >= 4 is 17.4 Å². The van der Waals surface area contributed by atoms with Crippen LogP contribution in [0.2, 0.25) is 5.02 Å². The van der Waals surface area contributed by atoms with Crippen LogP contribution in [0.5, 0.6) is 0 Å². The Morgan fingerprint density at radius 2 is 2.24 bits per heavy atom. The highest BCUT2D eigenvalue weighted by Gasteiger charge is 2.52. The van der Waals surface area contributed by atoms with E-state index in [0.29, 0.717) is 23.4 Å². The lowest BCUT2D eigenvalue weighted by Crippen LogP contribution is -2.39. The van der Waals surface area contributed by atoms with Gasteiger partial charge in [0.2, 0.25) is 0 Å². The monoisotopic (exact) mass is 252 g/mol. The van der Waals surface area contributed by atoms with Crippen LogP contribution >= 0.6 is 11.6 Å². The Kier molecular flexibility index (Phi) is 2.56. The number of nitrogens with zero attached hydrogens (tertiary/aromatic N) is 2. The first-order chi connectivity index (χ1) is 8.09. The third-order valence-electron chi connectivity index (χ3n) is 4.11. The van der Waals surface area contributed by atoms with Gasteiger partial charge in [0.25, 0.3) is 0 Å². The van der Waals surface area contributed by atoms with Gasteiger partial charge in [-0.2, -0.15) is 0 Å². The number of aliphatic hydroxyl groups is 1.